The zero-order valence-electron chi connectivity index (χ0n) is 16.0. The molecule has 148 valence electrons. The minimum Gasteiger partial charge on any atom is -0.479 e. The number of benzene rings is 3. The van der Waals surface area contributed by atoms with E-state index in [1.165, 1.54) is 24.3 Å². The maximum atomic E-state index is 12.8. The van der Waals surface area contributed by atoms with Gasteiger partial charge in [-0.3, -0.25) is 19.3 Å². The summed E-state index contributed by atoms with van der Waals surface area (Å²) in [7, 11) is 0. The predicted octanol–water partition coefficient (Wildman–Crippen LogP) is 3.65. The highest BCUT2D eigenvalue weighted by Crippen LogP contribution is 2.33. The Kier molecular flexibility index (Phi) is 4.75. The van der Waals surface area contributed by atoms with Crippen molar-refractivity contribution in [3.63, 3.8) is 0 Å². The number of aryl methyl sites for hydroxylation is 1. The molecule has 3 aromatic rings. The summed E-state index contributed by atoms with van der Waals surface area (Å²) in [5.41, 5.74) is 2.06. The van der Waals surface area contributed by atoms with Gasteiger partial charge in [0.25, 0.3) is 11.8 Å². The van der Waals surface area contributed by atoms with Crippen LogP contribution in [0.1, 0.15) is 53.8 Å². The van der Waals surface area contributed by atoms with E-state index in [0.717, 1.165) is 4.90 Å². The van der Waals surface area contributed by atoms with Gasteiger partial charge in [0.2, 0.25) is 0 Å². The first-order chi connectivity index (χ1) is 14.4. The van der Waals surface area contributed by atoms with Crippen molar-refractivity contribution in [1.29, 1.82) is 0 Å². The third-order valence-corrected chi connectivity index (χ3v) is 5.18. The lowest BCUT2D eigenvalue weighted by atomic mass is 9.94. The SMILES string of the molecule is Cc1cc(C(=O)c2ccccc2)ccc1C(C(=O)O)N1C(=O)c2ccccc2C1=O. The number of amides is 2. The number of carbonyl (C=O) groups is 4. The first-order valence-corrected chi connectivity index (χ1v) is 9.30. The fraction of sp³-hybridized carbons (Fsp3) is 0.0833. The van der Waals surface area contributed by atoms with E-state index in [4.69, 9.17) is 0 Å². The lowest BCUT2D eigenvalue weighted by Gasteiger charge is -2.24. The summed E-state index contributed by atoms with van der Waals surface area (Å²) in [5, 5.41) is 9.87. The molecule has 0 fully saturated rings. The smallest absolute Gasteiger partial charge is 0.331 e. The van der Waals surface area contributed by atoms with Crippen molar-refractivity contribution >= 4 is 23.6 Å². The average molecular weight is 399 g/mol. The molecule has 30 heavy (non-hydrogen) atoms. The zero-order valence-corrected chi connectivity index (χ0v) is 16.0. The van der Waals surface area contributed by atoms with Crippen molar-refractivity contribution in [3.05, 3.63) is 106 Å². The number of hydrogen-bond donors (Lipinski definition) is 1. The van der Waals surface area contributed by atoms with Gasteiger partial charge in [-0.15, -0.1) is 0 Å². The molecular weight excluding hydrogens is 382 g/mol. The van der Waals surface area contributed by atoms with Gasteiger partial charge in [0.15, 0.2) is 11.8 Å². The minimum atomic E-state index is -1.49. The van der Waals surface area contributed by atoms with Gasteiger partial charge in [0.05, 0.1) is 11.1 Å². The van der Waals surface area contributed by atoms with Crippen molar-refractivity contribution < 1.29 is 24.3 Å². The highest BCUT2D eigenvalue weighted by molar-refractivity contribution is 6.22. The molecule has 0 saturated heterocycles. The average Bonchev–Trinajstić information content (AvgIpc) is 3.00. The van der Waals surface area contributed by atoms with Gasteiger partial charge in [-0.25, -0.2) is 4.79 Å². The van der Waals surface area contributed by atoms with Crippen molar-refractivity contribution in [3.8, 4) is 0 Å². The number of carboxylic acid groups (broad SMARTS) is 1. The third kappa shape index (κ3) is 3.08. The number of rotatable bonds is 5. The van der Waals surface area contributed by atoms with E-state index in [9.17, 15) is 24.3 Å². The molecule has 6 nitrogen and oxygen atoms in total. The third-order valence-electron chi connectivity index (χ3n) is 5.18. The summed E-state index contributed by atoms with van der Waals surface area (Å²) < 4.78 is 0. The van der Waals surface area contributed by atoms with E-state index in [2.05, 4.69) is 0 Å². The van der Waals surface area contributed by atoms with Crippen LogP contribution in [0.4, 0.5) is 0 Å². The van der Waals surface area contributed by atoms with E-state index in [-0.39, 0.29) is 22.5 Å². The van der Waals surface area contributed by atoms with Crippen LogP contribution in [-0.4, -0.2) is 33.6 Å². The molecule has 0 saturated carbocycles. The van der Waals surface area contributed by atoms with E-state index in [1.807, 2.05) is 6.07 Å². The minimum absolute atomic E-state index is 0.183. The lowest BCUT2D eigenvalue weighted by molar-refractivity contribution is -0.141. The molecule has 0 aliphatic carbocycles. The molecule has 1 atom stereocenters. The van der Waals surface area contributed by atoms with Gasteiger partial charge < -0.3 is 5.11 Å². The monoisotopic (exact) mass is 399 g/mol. The highest BCUT2D eigenvalue weighted by atomic mass is 16.4. The van der Waals surface area contributed by atoms with Crippen LogP contribution in [0.5, 0.6) is 0 Å². The Morgan fingerprint density at radius 1 is 0.800 bits per heavy atom. The van der Waals surface area contributed by atoms with E-state index in [0.29, 0.717) is 16.7 Å². The Labute approximate surface area is 172 Å². The van der Waals surface area contributed by atoms with Crippen LogP contribution in [0.2, 0.25) is 0 Å². The summed E-state index contributed by atoms with van der Waals surface area (Å²) in [5.74, 6) is -2.81. The predicted molar refractivity (Wildman–Crippen MR) is 108 cm³/mol. The highest BCUT2D eigenvalue weighted by Gasteiger charge is 2.44. The maximum Gasteiger partial charge on any atom is 0.331 e. The van der Waals surface area contributed by atoms with Gasteiger partial charge in [0.1, 0.15) is 0 Å². The number of nitrogens with zero attached hydrogens (tertiary/aromatic N) is 1. The molecule has 0 bridgehead atoms. The van der Waals surface area contributed by atoms with Crippen LogP contribution < -0.4 is 0 Å². The number of carboxylic acids is 1. The van der Waals surface area contributed by atoms with Crippen molar-refractivity contribution in [1.82, 2.24) is 4.90 Å². The number of carbonyl (C=O) groups excluding carboxylic acids is 3. The molecular formula is C24H17NO5. The number of imide groups is 1. The number of hydrogen-bond acceptors (Lipinski definition) is 4. The lowest BCUT2D eigenvalue weighted by Crippen LogP contribution is -2.38. The summed E-state index contributed by atoms with van der Waals surface area (Å²) in [6.07, 6.45) is 0. The first-order valence-electron chi connectivity index (χ1n) is 9.30. The van der Waals surface area contributed by atoms with Crippen LogP contribution in [0.25, 0.3) is 0 Å². The van der Waals surface area contributed by atoms with Gasteiger partial charge >= 0.3 is 5.97 Å². The van der Waals surface area contributed by atoms with Crippen LogP contribution in [0, 0.1) is 6.92 Å². The van der Waals surface area contributed by atoms with Gasteiger partial charge in [-0.05, 0) is 36.2 Å². The standard InChI is InChI=1S/C24H17NO5/c1-14-13-16(21(26)15-7-3-2-4-8-15)11-12-17(14)20(24(29)30)25-22(27)18-9-5-6-10-19(18)23(25)28/h2-13,20H,1H3,(H,29,30). The molecule has 2 amide bonds. The Morgan fingerprint density at radius 3 is 1.90 bits per heavy atom. The molecule has 1 aliphatic heterocycles. The van der Waals surface area contributed by atoms with Crippen LogP contribution in [-0.2, 0) is 4.79 Å². The number of fused-ring (bicyclic) bond motifs is 1. The normalized spacial score (nSPS) is 13.8. The summed E-state index contributed by atoms with van der Waals surface area (Å²) in [4.78, 5) is 51.1. The van der Waals surface area contributed by atoms with Crippen LogP contribution in [0.15, 0.2) is 72.8 Å². The topological polar surface area (TPSA) is 91.8 Å². The molecule has 6 heteroatoms. The van der Waals surface area contributed by atoms with Crippen molar-refractivity contribution in [2.75, 3.05) is 0 Å². The van der Waals surface area contributed by atoms with Crippen molar-refractivity contribution in [2.45, 2.75) is 13.0 Å². The molecule has 4 rings (SSSR count). The second-order valence-corrected chi connectivity index (χ2v) is 7.03. The second kappa shape index (κ2) is 7.40. The van der Waals surface area contributed by atoms with E-state index >= 15 is 0 Å². The quantitative estimate of drug-likeness (QED) is 0.522. The Bertz CT molecular complexity index is 1160. The van der Waals surface area contributed by atoms with E-state index < -0.39 is 23.8 Å². The molecule has 1 aliphatic rings. The largest absolute Gasteiger partial charge is 0.479 e. The van der Waals surface area contributed by atoms with E-state index in [1.54, 1.807) is 49.4 Å². The summed E-state index contributed by atoms with van der Waals surface area (Å²) in [6, 6.07) is 18.1. The van der Waals surface area contributed by atoms with Gasteiger partial charge in [-0.1, -0.05) is 54.6 Å². The molecule has 0 aromatic heterocycles. The van der Waals surface area contributed by atoms with Crippen molar-refractivity contribution in [2.24, 2.45) is 0 Å². The molecule has 3 aromatic carbocycles. The van der Waals surface area contributed by atoms with Crippen LogP contribution in [0.3, 0.4) is 0 Å². The Hall–Kier alpha value is -4.06. The number of ketones is 1. The fourth-order valence-corrected chi connectivity index (χ4v) is 3.70. The van der Waals surface area contributed by atoms with Gasteiger partial charge in [0, 0.05) is 11.1 Å². The van der Waals surface area contributed by atoms with Crippen LogP contribution >= 0.6 is 0 Å². The maximum absolute atomic E-state index is 12.8. The molecule has 0 spiro atoms. The zero-order chi connectivity index (χ0) is 21.4. The molecule has 0 radical (unpaired) electrons. The number of aliphatic carboxylic acids is 1. The fourth-order valence-electron chi connectivity index (χ4n) is 3.70. The summed E-state index contributed by atoms with van der Waals surface area (Å²) >= 11 is 0. The molecule has 1 unspecified atom stereocenters. The Balaban J connectivity index is 1.73. The summed E-state index contributed by atoms with van der Waals surface area (Å²) in [6.45, 7) is 1.66. The molecule has 1 N–H and O–H groups in total. The Morgan fingerprint density at radius 2 is 1.37 bits per heavy atom. The van der Waals surface area contributed by atoms with Gasteiger partial charge in [-0.2, -0.15) is 0 Å². The molecule has 1 heterocycles. The first kappa shape index (κ1) is 19.3. The second-order valence-electron chi connectivity index (χ2n) is 7.03.